The Morgan fingerprint density at radius 2 is 1.00 bits per heavy atom. The first kappa shape index (κ1) is 70.9. The van der Waals surface area contributed by atoms with Crippen molar-refractivity contribution in [1.29, 1.82) is 0 Å². The molecule has 13 heteroatoms. The van der Waals surface area contributed by atoms with Gasteiger partial charge in [-0.3, -0.25) is 4.57 Å². The molecule has 0 aliphatic rings. The quantitative estimate of drug-likeness (QED) is 0.310. The zero-order valence-electron chi connectivity index (χ0n) is 5.59. The van der Waals surface area contributed by atoms with Crippen LogP contribution in [0, 0.1) is 0 Å². The fourth-order valence-electron chi connectivity index (χ4n) is 0. The van der Waals surface area contributed by atoms with Gasteiger partial charge in [-0.15, -0.1) is 0 Å². The summed E-state index contributed by atoms with van der Waals surface area (Å²) in [5.41, 5.74) is 0. The Labute approximate surface area is 85.3 Å². The van der Waals surface area contributed by atoms with Gasteiger partial charge in [0.2, 0.25) is 0 Å². The zero-order valence-corrected chi connectivity index (χ0v) is 8.37. The molecule has 0 fully saturated rings. The molecule has 0 spiro atoms. The maximum atomic E-state index is 8.48. The minimum absolute atomic E-state index is 0. The first-order chi connectivity index (χ1) is 3.15. The molecule has 92 valence electrons. The molecule has 7 N–H and O–H groups in total. The van der Waals surface area contributed by atoms with Gasteiger partial charge in [-0.05, 0) is 0 Å². The van der Waals surface area contributed by atoms with Gasteiger partial charge in [0.05, 0.1) is 8.69 Å². The Balaban J connectivity index is -0.00000000444. The summed E-state index contributed by atoms with van der Waals surface area (Å²) in [6, 6.07) is 0. The molecule has 0 aromatic rings. The molecule has 0 saturated carbocycles. The van der Waals surface area contributed by atoms with Crippen LogP contribution in [0.3, 0.4) is 0 Å². The maximum absolute atomic E-state index is 8.48. The van der Waals surface area contributed by atoms with Gasteiger partial charge in [0.25, 0.3) is 8.25 Å². The molecule has 10 nitrogen and oxygen atoms in total. The van der Waals surface area contributed by atoms with Crippen molar-refractivity contribution in [3.05, 3.63) is 0 Å². The van der Waals surface area contributed by atoms with Gasteiger partial charge in [0.15, 0.2) is 0 Å². The summed E-state index contributed by atoms with van der Waals surface area (Å²) in [5.74, 6) is 0. The molecule has 0 saturated heterocycles. The summed E-state index contributed by atoms with van der Waals surface area (Å²) in [5, 5.41) is 0. The largest absolute Gasteiger partial charge is 0.870 e. The van der Waals surface area contributed by atoms with Gasteiger partial charge >= 0.3 is 0 Å². The van der Waals surface area contributed by atoms with E-state index in [9.17, 15) is 0 Å². The molecule has 0 amide bonds. The van der Waals surface area contributed by atoms with Crippen LogP contribution in [0.4, 0.5) is 0 Å². The van der Waals surface area contributed by atoms with Crippen molar-refractivity contribution in [2.45, 2.75) is 0 Å². The minimum Gasteiger partial charge on any atom is -0.870 e. The van der Waals surface area contributed by atoms with Crippen molar-refractivity contribution in [2.24, 2.45) is 0 Å². The molecule has 0 atom stereocenters. The van der Waals surface area contributed by atoms with Gasteiger partial charge in [-0.2, -0.15) is 0 Å². The predicted molar refractivity (Wildman–Crippen MR) is 28.2 cm³/mol. The summed E-state index contributed by atoms with van der Waals surface area (Å²) in [4.78, 5) is 25.3. The van der Waals surface area contributed by atoms with E-state index in [1.54, 1.807) is 0 Å². The third-order valence-corrected chi connectivity index (χ3v) is 0. The molecule has 0 bridgehead atoms. The van der Waals surface area contributed by atoms with E-state index < -0.39 is 16.9 Å². The third-order valence-electron chi connectivity index (χ3n) is 0. The fourth-order valence-corrected chi connectivity index (χ4v) is 0. The molecule has 0 aliphatic carbocycles. The zero-order chi connectivity index (χ0) is 6.28. The van der Waals surface area contributed by atoms with Gasteiger partial charge in [0, 0.05) is 16.5 Å². The SMILES string of the molecule is O.O.O=P[O-].O=[P+]([O-])[O-].[Ni].[OH-].[OH-].[OH-]. The van der Waals surface area contributed by atoms with E-state index in [-0.39, 0.29) is 43.9 Å². The molecule has 0 rings (SSSR count). The molecular formula is H7NiO10P2-5. The van der Waals surface area contributed by atoms with Crippen LogP contribution < -0.4 is 14.7 Å². The van der Waals surface area contributed by atoms with Gasteiger partial charge in [-0.25, -0.2) is 0 Å². The predicted octanol–water partition coefficient (Wildman–Crippen LogP) is -4.26. The molecule has 0 aromatic heterocycles. The Hall–Kier alpha value is 0.374. The smallest absolute Gasteiger partial charge is 0.276 e. The van der Waals surface area contributed by atoms with Crippen LogP contribution in [0.15, 0.2) is 0 Å². The first-order valence-electron chi connectivity index (χ1n) is 0.913. The van der Waals surface area contributed by atoms with E-state index in [1.807, 2.05) is 0 Å². The molecule has 0 heterocycles. The minimum atomic E-state index is -3.37. The Morgan fingerprint density at radius 1 is 1.00 bits per heavy atom. The average molecular weight is 288 g/mol. The second kappa shape index (κ2) is 83.7. The van der Waals surface area contributed by atoms with Crippen molar-refractivity contribution >= 4 is 16.9 Å². The number of rotatable bonds is 0. The Bertz CT molecular complexity index is 59.9. The van der Waals surface area contributed by atoms with Gasteiger partial charge < -0.3 is 42.1 Å². The molecule has 0 radical (unpaired) electrons. The topological polar surface area (TPSA) is 256 Å². The average Bonchev–Trinajstić information content (AvgIpc) is 1.33. The van der Waals surface area contributed by atoms with Crippen LogP contribution in [0.25, 0.3) is 0 Å². The van der Waals surface area contributed by atoms with Crippen LogP contribution in [0.1, 0.15) is 0 Å². The van der Waals surface area contributed by atoms with E-state index in [1.165, 1.54) is 0 Å². The van der Waals surface area contributed by atoms with Gasteiger partial charge in [-0.1, -0.05) is 4.57 Å². The van der Waals surface area contributed by atoms with E-state index in [0.29, 0.717) is 0 Å². The maximum Gasteiger partial charge on any atom is 0.276 e. The first-order valence-corrected chi connectivity index (χ1v) is 2.74. The summed E-state index contributed by atoms with van der Waals surface area (Å²) in [6.07, 6.45) is 0. The van der Waals surface area contributed by atoms with E-state index in [0.717, 1.165) is 0 Å². The van der Waals surface area contributed by atoms with Crippen LogP contribution >= 0.6 is 16.9 Å². The van der Waals surface area contributed by atoms with Crippen molar-refractivity contribution in [1.82, 2.24) is 0 Å². The van der Waals surface area contributed by atoms with E-state index in [2.05, 4.69) is 0 Å². The molecule has 0 aliphatic heterocycles. The number of hydrogen-bond donors (Lipinski definition) is 0. The van der Waals surface area contributed by atoms with Crippen molar-refractivity contribution in [3.8, 4) is 0 Å². The fraction of sp³-hybridized carbons (Fsp3) is 0. The van der Waals surface area contributed by atoms with Crippen LogP contribution in [0.2, 0.25) is 0 Å². The monoisotopic (exact) mass is 287 g/mol. The van der Waals surface area contributed by atoms with E-state index >= 15 is 0 Å². The summed E-state index contributed by atoms with van der Waals surface area (Å²) < 4.78 is 16.8. The van der Waals surface area contributed by atoms with Crippen molar-refractivity contribution in [2.75, 3.05) is 0 Å². The Morgan fingerprint density at radius 3 is 1.00 bits per heavy atom. The van der Waals surface area contributed by atoms with Crippen molar-refractivity contribution < 1.29 is 67.7 Å². The Kier molecular flexibility index (Phi) is 456. The van der Waals surface area contributed by atoms with Crippen molar-refractivity contribution in [3.63, 3.8) is 0 Å². The summed E-state index contributed by atoms with van der Waals surface area (Å²) >= 11 is 0. The second-order valence-corrected chi connectivity index (χ2v) is 0.894. The van der Waals surface area contributed by atoms with Crippen LogP contribution in [-0.4, -0.2) is 27.4 Å². The molecule has 0 aromatic carbocycles. The molecule has 0 unspecified atom stereocenters. The van der Waals surface area contributed by atoms with Crippen LogP contribution in [-0.2, 0) is 25.6 Å². The number of hydrogen-bond acceptors (Lipinski definition) is 8. The van der Waals surface area contributed by atoms with Crippen LogP contribution in [0.5, 0.6) is 0 Å². The summed E-state index contributed by atoms with van der Waals surface area (Å²) in [6.45, 7) is 0. The normalized spacial score (nSPS) is 3.62. The molecular weight excluding hydrogens is 281 g/mol. The van der Waals surface area contributed by atoms with E-state index in [4.69, 9.17) is 23.8 Å². The summed E-state index contributed by atoms with van der Waals surface area (Å²) in [7, 11) is -4.45. The third kappa shape index (κ3) is 9540. The van der Waals surface area contributed by atoms with Gasteiger partial charge in [0.1, 0.15) is 0 Å². The second-order valence-electron chi connectivity index (χ2n) is 0.298. The molecule has 13 heavy (non-hydrogen) atoms. The standard InChI is InChI=1S/Ni.HO3P.HO2P.5H2O/c;1-4(2)3;1-3-2;;;;;/h;(H,1,2,3);(H,1,2);5*1H2/p-5.